The van der Waals surface area contributed by atoms with E-state index in [0.29, 0.717) is 18.1 Å². The number of carbonyl (C=O) groups excluding carboxylic acids is 1. The minimum absolute atomic E-state index is 0.305. The topological polar surface area (TPSA) is 29.1 Å². The molecule has 1 saturated heterocycles. The number of hydrogen-bond acceptors (Lipinski definition) is 2. The van der Waals surface area contributed by atoms with E-state index in [1.165, 1.54) is 18.4 Å². The van der Waals surface area contributed by atoms with Gasteiger partial charge >= 0.3 is 0 Å². The Morgan fingerprint density at radius 3 is 2.94 bits per heavy atom. The van der Waals surface area contributed by atoms with Crippen LogP contribution in [-0.2, 0) is 0 Å². The number of benzene rings is 1. The van der Waals surface area contributed by atoms with Crippen LogP contribution in [0.1, 0.15) is 40.7 Å². The van der Waals surface area contributed by atoms with E-state index in [0.717, 1.165) is 24.2 Å². The van der Waals surface area contributed by atoms with Crippen molar-refractivity contribution < 1.29 is 4.79 Å². The van der Waals surface area contributed by atoms with Gasteiger partial charge in [-0.2, -0.15) is 0 Å². The first-order chi connectivity index (χ1) is 8.18. The maximum absolute atomic E-state index is 12.3. The van der Waals surface area contributed by atoms with E-state index in [1.54, 1.807) is 0 Å². The molecule has 2 nitrogen and oxygen atoms in total. The third-order valence-corrected chi connectivity index (χ3v) is 3.78. The monoisotopic (exact) mass is 231 g/mol. The highest BCUT2D eigenvalue weighted by atomic mass is 16.1. The van der Waals surface area contributed by atoms with Gasteiger partial charge in [0.25, 0.3) is 0 Å². The largest absolute Gasteiger partial charge is 0.316 e. The van der Waals surface area contributed by atoms with E-state index < -0.39 is 0 Å². The van der Waals surface area contributed by atoms with Gasteiger partial charge in [0.2, 0.25) is 0 Å². The molecule has 2 rings (SSSR count). The molecule has 1 heterocycles. The number of ketones is 1. The van der Waals surface area contributed by atoms with Crippen LogP contribution in [0.5, 0.6) is 0 Å². The summed E-state index contributed by atoms with van der Waals surface area (Å²) < 4.78 is 0. The second-order valence-electron chi connectivity index (χ2n) is 5.09. The smallest absolute Gasteiger partial charge is 0.163 e. The van der Waals surface area contributed by atoms with Gasteiger partial charge in [0.05, 0.1) is 0 Å². The molecule has 1 aromatic rings. The van der Waals surface area contributed by atoms with Gasteiger partial charge in [0, 0.05) is 12.0 Å². The number of nitrogens with one attached hydrogen (secondary N) is 1. The molecule has 1 unspecified atom stereocenters. The number of carbonyl (C=O) groups is 1. The van der Waals surface area contributed by atoms with E-state index in [4.69, 9.17) is 0 Å². The van der Waals surface area contributed by atoms with Crippen molar-refractivity contribution in [1.29, 1.82) is 0 Å². The van der Waals surface area contributed by atoms with Gasteiger partial charge < -0.3 is 5.32 Å². The Kier molecular flexibility index (Phi) is 3.95. The lowest BCUT2D eigenvalue weighted by molar-refractivity contribution is 0.0953. The van der Waals surface area contributed by atoms with Crippen LogP contribution in [0.2, 0.25) is 0 Å². The lowest BCUT2D eigenvalue weighted by atomic mass is 9.90. The van der Waals surface area contributed by atoms with Crippen molar-refractivity contribution in [1.82, 2.24) is 5.32 Å². The molecular formula is C15H21NO. The molecule has 0 amide bonds. The standard InChI is InChI=1S/C15H21NO/c1-11-5-3-7-14(12(11)2)15(17)9-13-6-4-8-16-10-13/h3,5,7,13,16H,4,6,8-10H2,1-2H3. The summed E-state index contributed by atoms with van der Waals surface area (Å²) in [4.78, 5) is 12.3. The minimum atomic E-state index is 0.305. The van der Waals surface area contributed by atoms with Crippen molar-refractivity contribution in [2.24, 2.45) is 5.92 Å². The molecule has 0 saturated carbocycles. The van der Waals surface area contributed by atoms with Crippen molar-refractivity contribution in [3.05, 3.63) is 34.9 Å². The highest BCUT2D eigenvalue weighted by Gasteiger charge is 2.18. The fourth-order valence-electron chi connectivity index (χ4n) is 2.52. The van der Waals surface area contributed by atoms with Crippen LogP contribution in [-0.4, -0.2) is 18.9 Å². The molecule has 0 radical (unpaired) electrons. The normalized spacial score (nSPS) is 20.2. The lowest BCUT2D eigenvalue weighted by Crippen LogP contribution is -2.31. The molecule has 0 bridgehead atoms. The quantitative estimate of drug-likeness (QED) is 0.810. The average Bonchev–Trinajstić information content (AvgIpc) is 2.34. The van der Waals surface area contributed by atoms with E-state index in [-0.39, 0.29) is 0 Å². The van der Waals surface area contributed by atoms with Gasteiger partial charge in [0.1, 0.15) is 0 Å². The Bertz CT molecular complexity index is 405. The molecule has 92 valence electrons. The molecule has 0 spiro atoms. The summed E-state index contributed by atoms with van der Waals surface area (Å²) in [5.41, 5.74) is 3.26. The number of Topliss-reactive ketones (excluding diaryl/α,β-unsaturated/α-hetero) is 1. The molecule has 0 aromatic heterocycles. The Morgan fingerprint density at radius 2 is 2.24 bits per heavy atom. The van der Waals surface area contributed by atoms with Crippen LogP contribution >= 0.6 is 0 Å². The maximum Gasteiger partial charge on any atom is 0.163 e. The molecule has 1 atom stereocenters. The van der Waals surface area contributed by atoms with Crippen LogP contribution in [0.3, 0.4) is 0 Å². The van der Waals surface area contributed by atoms with E-state index >= 15 is 0 Å². The fourth-order valence-corrected chi connectivity index (χ4v) is 2.52. The molecule has 1 aromatic carbocycles. The highest BCUT2D eigenvalue weighted by molar-refractivity contribution is 5.97. The summed E-state index contributed by atoms with van der Waals surface area (Å²) in [6, 6.07) is 6.00. The Balaban J connectivity index is 2.06. The van der Waals surface area contributed by atoms with Crippen molar-refractivity contribution >= 4 is 5.78 Å². The third kappa shape index (κ3) is 2.95. The van der Waals surface area contributed by atoms with E-state index in [2.05, 4.69) is 18.3 Å². The van der Waals surface area contributed by atoms with E-state index in [1.807, 2.05) is 19.1 Å². The fraction of sp³-hybridized carbons (Fsp3) is 0.533. The number of aryl methyl sites for hydroxylation is 1. The molecule has 0 aliphatic carbocycles. The van der Waals surface area contributed by atoms with Gasteiger partial charge in [-0.25, -0.2) is 0 Å². The third-order valence-electron chi connectivity index (χ3n) is 3.78. The van der Waals surface area contributed by atoms with Crippen LogP contribution in [0.4, 0.5) is 0 Å². The van der Waals surface area contributed by atoms with Gasteiger partial charge in [-0.15, -0.1) is 0 Å². The summed E-state index contributed by atoms with van der Waals surface area (Å²) >= 11 is 0. The zero-order chi connectivity index (χ0) is 12.3. The first kappa shape index (κ1) is 12.3. The molecule has 17 heavy (non-hydrogen) atoms. The zero-order valence-electron chi connectivity index (χ0n) is 10.8. The first-order valence-corrected chi connectivity index (χ1v) is 6.48. The average molecular weight is 231 g/mol. The van der Waals surface area contributed by atoms with Gasteiger partial charge in [-0.1, -0.05) is 18.2 Å². The summed E-state index contributed by atoms with van der Waals surface area (Å²) in [7, 11) is 0. The lowest BCUT2D eigenvalue weighted by Gasteiger charge is -2.22. The highest BCUT2D eigenvalue weighted by Crippen LogP contribution is 2.20. The SMILES string of the molecule is Cc1cccc(C(=O)CC2CCCNC2)c1C. The molecule has 1 N–H and O–H groups in total. The Morgan fingerprint density at radius 1 is 1.41 bits per heavy atom. The predicted molar refractivity (Wildman–Crippen MR) is 70.5 cm³/mol. The predicted octanol–water partition coefficient (Wildman–Crippen LogP) is 2.88. The minimum Gasteiger partial charge on any atom is -0.316 e. The summed E-state index contributed by atoms with van der Waals surface area (Å²) in [5.74, 6) is 0.830. The zero-order valence-corrected chi connectivity index (χ0v) is 10.8. The molecule has 1 fully saturated rings. The number of rotatable bonds is 3. The molecular weight excluding hydrogens is 210 g/mol. The molecule has 1 aliphatic heterocycles. The van der Waals surface area contributed by atoms with Crippen molar-refractivity contribution in [2.75, 3.05) is 13.1 Å². The number of hydrogen-bond donors (Lipinski definition) is 1. The number of piperidine rings is 1. The second-order valence-corrected chi connectivity index (χ2v) is 5.09. The van der Waals surface area contributed by atoms with Gasteiger partial charge in [-0.3, -0.25) is 4.79 Å². The maximum atomic E-state index is 12.3. The summed E-state index contributed by atoms with van der Waals surface area (Å²) in [6.45, 7) is 6.21. The van der Waals surface area contributed by atoms with Crippen molar-refractivity contribution in [3.8, 4) is 0 Å². The van der Waals surface area contributed by atoms with Crippen molar-refractivity contribution in [3.63, 3.8) is 0 Å². The van der Waals surface area contributed by atoms with Crippen LogP contribution < -0.4 is 5.32 Å². The Hall–Kier alpha value is -1.15. The molecule has 1 aliphatic rings. The van der Waals surface area contributed by atoms with E-state index in [9.17, 15) is 4.79 Å². The van der Waals surface area contributed by atoms with Crippen LogP contribution in [0.25, 0.3) is 0 Å². The van der Waals surface area contributed by atoms with Gasteiger partial charge in [0.15, 0.2) is 5.78 Å². The second kappa shape index (κ2) is 5.46. The van der Waals surface area contributed by atoms with Gasteiger partial charge in [-0.05, 0) is 56.8 Å². The first-order valence-electron chi connectivity index (χ1n) is 6.48. The van der Waals surface area contributed by atoms with Crippen LogP contribution in [0.15, 0.2) is 18.2 Å². The molecule has 2 heteroatoms. The van der Waals surface area contributed by atoms with Crippen LogP contribution in [0, 0.1) is 19.8 Å². The summed E-state index contributed by atoms with van der Waals surface area (Å²) in [5, 5.41) is 3.37. The summed E-state index contributed by atoms with van der Waals surface area (Å²) in [6.07, 6.45) is 3.08. The van der Waals surface area contributed by atoms with Crippen molar-refractivity contribution in [2.45, 2.75) is 33.1 Å². The Labute approximate surface area is 103 Å².